The molecule has 0 saturated heterocycles. The average Bonchev–Trinajstić information content (AvgIpc) is 2.57. The Hall–Kier alpha value is -1.36. The second-order valence-electron chi connectivity index (χ2n) is 3.79. The summed E-state index contributed by atoms with van der Waals surface area (Å²) in [7, 11) is 0. The fourth-order valence-electron chi connectivity index (χ4n) is 1.67. The normalized spacial score (nSPS) is 18.1. The molecule has 1 atom stereocenters. The number of carbonyl (C=O) groups excluding carboxylic acids is 1. The highest BCUT2D eigenvalue weighted by Gasteiger charge is 2.31. The molecule has 2 rings (SSSR count). The molecule has 0 aliphatic carbocycles. The molecule has 0 saturated carbocycles. The summed E-state index contributed by atoms with van der Waals surface area (Å²) in [6.45, 7) is 1.90. The van der Waals surface area contributed by atoms with Crippen LogP contribution in [0.25, 0.3) is 0 Å². The summed E-state index contributed by atoms with van der Waals surface area (Å²) in [5.41, 5.74) is 0.436. The van der Waals surface area contributed by atoms with Gasteiger partial charge in [-0.25, -0.2) is 14.2 Å². The third-order valence-corrected chi connectivity index (χ3v) is 3.20. The van der Waals surface area contributed by atoms with Crippen LogP contribution >= 0.6 is 11.8 Å². The molecule has 1 aromatic rings. The van der Waals surface area contributed by atoms with Crippen molar-refractivity contribution in [2.75, 3.05) is 12.0 Å². The molecule has 1 aliphatic heterocycles. The van der Waals surface area contributed by atoms with Crippen molar-refractivity contribution in [3.8, 4) is 0 Å². The Morgan fingerprint density at radius 2 is 2.29 bits per heavy atom. The first-order valence-electron chi connectivity index (χ1n) is 5.21. The Kier molecular flexibility index (Phi) is 3.47. The summed E-state index contributed by atoms with van der Waals surface area (Å²) < 4.78 is 18.6. The molecule has 1 unspecified atom stereocenters. The lowest BCUT2D eigenvalue weighted by Crippen LogP contribution is -2.10. The lowest BCUT2D eigenvalue weighted by atomic mass is 10.1. The van der Waals surface area contributed by atoms with Crippen LogP contribution in [0.4, 0.5) is 4.39 Å². The average molecular weight is 253 g/mol. The number of nitrogens with zero attached hydrogens (tertiary/aromatic N) is 1. The lowest BCUT2D eigenvalue weighted by molar-refractivity contribution is 0.0736. The Labute approximate surface area is 103 Å². The standard InChI is InChI=1S/C12H12FNO2S/c1-7(6-17-2)14-11-10-8(12(15)16-11)4-3-5-9(10)13/h3-5,7H,6H2,1-2H3/b14-11-. The second-order valence-corrected chi connectivity index (χ2v) is 4.70. The number of cyclic esters (lactones) is 1. The van der Waals surface area contributed by atoms with Gasteiger partial charge in [0.05, 0.1) is 17.2 Å². The topological polar surface area (TPSA) is 38.7 Å². The Bertz CT molecular complexity index is 487. The Morgan fingerprint density at radius 1 is 1.53 bits per heavy atom. The van der Waals surface area contributed by atoms with Crippen LogP contribution in [-0.4, -0.2) is 29.9 Å². The van der Waals surface area contributed by atoms with Crippen LogP contribution in [0, 0.1) is 5.82 Å². The zero-order chi connectivity index (χ0) is 12.4. The van der Waals surface area contributed by atoms with E-state index in [1.54, 1.807) is 17.8 Å². The Balaban J connectivity index is 2.39. The number of halogens is 1. The number of hydrogen-bond acceptors (Lipinski definition) is 4. The zero-order valence-electron chi connectivity index (χ0n) is 9.57. The fraction of sp³-hybridized carbons (Fsp3) is 0.333. The summed E-state index contributed by atoms with van der Waals surface area (Å²) >= 11 is 1.64. The number of aliphatic imine (C=N–C) groups is 1. The largest absolute Gasteiger partial charge is 0.403 e. The minimum atomic E-state index is -0.533. The first-order chi connectivity index (χ1) is 8.13. The van der Waals surface area contributed by atoms with Crippen molar-refractivity contribution >= 4 is 23.6 Å². The van der Waals surface area contributed by atoms with Gasteiger partial charge in [-0.15, -0.1) is 0 Å². The van der Waals surface area contributed by atoms with Crippen molar-refractivity contribution in [2.24, 2.45) is 4.99 Å². The maximum absolute atomic E-state index is 13.6. The van der Waals surface area contributed by atoms with Crippen molar-refractivity contribution < 1.29 is 13.9 Å². The lowest BCUT2D eigenvalue weighted by Gasteiger charge is -2.05. The van der Waals surface area contributed by atoms with Gasteiger partial charge in [-0.05, 0) is 25.3 Å². The van der Waals surface area contributed by atoms with Crippen molar-refractivity contribution in [3.63, 3.8) is 0 Å². The molecule has 1 aliphatic rings. The molecule has 0 radical (unpaired) electrons. The molecule has 0 amide bonds. The summed E-state index contributed by atoms with van der Waals surface area (Å²) in [4.78, 5) is 15.7. The SMILES string of the molecule is CSCC(C)/N=C1\OC(=O)c2cccc(F)c21. The van der Waals surface area contributed by atoms with E-state index in [2.05, 4.69) is 4.99 Å². The van der Waals surface area contributed by atoms with Crippen LogP contribution in [0.1, 0.15) is 22.8 Å². The third kappa shape index (κ3) is 2.34. The highest BCUT2D eigenvalue weighted by Crippen LogP contribution is 2.23. The molecule has 0 fully saturated rings. The molecular weight excluding hydrogens is 241 g/mol. The monoisotopic (exact) mass is 253 g/mol. The first kappa shape index (κ1) is 12.1. The first-order valence-corrected chi connectivity index (χ1v) is 6.60. The molecule has 0 spiro atoms. The van der Waals surface area contributed by atoms with Gasteiger partial charge in [-0.3, -0.25) is 0 Å². The molecule has 5 heteroatoms. The van der Waals surface area contributed by atoms with Gasteiger partial charge in [0, 0.05) is 5.75 Å². The van der Waals surface area contributed by atoms with Crippen molar-refractivity contribution in [1.29, 1.82) is 0 Å². The molecule has 17 heavy (non-hydrogen) atoms. The smallest absolute Gasteiger partial charge is 0.345 e. The molecule has 0 N–H and O–H groups in total. The van der Waals surface area contributed by atoms with E-state index in [0.29, 0.717) is 0 Å². The van der Waals surface area contributed by atoms with E-state index >= 15 is 0 Å². The highest BCUT2D eigenvalue weighted by molar-refractivity contribution is 7.98. The van der Waals surface area contributed by atoms with E-state index < -0.39 is 11.8 Å². The van der Waals surface area contributed by atoms with E-state index in [9.17, 15) is 9.18 Å². The van der Waals surface area contributed by atoms with Crippen LogP contribution in [-0.2, 0) is 4.74 Å². The van der Waals surface area contributed by atoms with E-state index in [0.717, 1.165) is 5.75 Å². The summed E-state index contributed by atoms with van der Waals surface area (Å²) in [5.74, 6) is -0.104. The van der Waals surface area contributed by atoms with Crippen molar-refractivity contribution in [2.45, 2.75) is 13.0 Å². The summed E-state index contributed by atoms with van der Waals surface area (Å²) in [6, 6.07) is 4.32. The Morgan fingerprint density at radius 3 is 3.00 bits per heavy atom. The predicted octanol–water partition coefficient (Wildman–Crippen LogP) is 2.49. The molecule has 90 valence electrons. The molecule has 0 aromatic heterocycles. The van der Waals surface area contributed by atoms with Crippen LogP contribution in [0.3, 0.4) is 0 Å². The number of hydrogen-bond donors (Lipinski definition) is 0. The van der Waals surface area contributed by atoms with Crippen LogP contribution in [0.15, 0.2) is 23.2 Å². The minimum absolute atomic E-state index is 0.0154. The molecular formula is C12H12FNO2S. The number of thioether (sulfide) groups is 1. The van der Waals surface area contributed by atoms with Gasteiger partial charge in [0.15, 0.2) is 0 Å². The van der Waals surface area contributed by atoms with Crippen LogP contribution in [0.5, 0.6) is 0 Å². The maximum Gasteiger partial charge on any atom is 0.345 e. The van der Waals surface area contributed by atoms with Gasteiger partial charge in [-0.2, -0.15) is 11.8 Å². The van der Waals surface area contributed by atoms with Gasteiger partial charge in [0.25, 0.3) is 0 Å². The highest BCUT2D eigenvalue weighted by atomic mass is 32.2. The second kappa shape index (κ2) is 4.87. The predicted molar refractivity (Wildman–Crippen MR) is 66.2 cm³/mol. The van der Waals surface area contributed by atoms with E-state index in [-0.39, 0.29) is 23.1 Å². The van der Waals surface area contributed by atoms with Gasteiger partial charge < -0.3 is 4.74 Å². The van der Waals surface area contributed by atoms with E-state index in [1.165, 1.54) is 12.1 Å². The summed E-state index contributed by atoms with van der Waals surface area (Å²) in [6.07, 6.45) is 1.96. The molecule has 1 heterocycles. The maximum atomic E-state index is 13.6. The van der Waals surface area contributed by atoms with Gasteiger partial charge in [-0.1, -0.05) is 6.07 Å². The number of rotatable bonds is 3. The third-order valence-electron chi connectivity index (χ3n) is 2.38. The van der Waals surface area contributed by atoms with Gasteiger partial charge in [0.2, 0.25) is 5.90 Å². The molecule has 3 nitrogen and oxygen atoms in total. The van der Waals surface area contributed by atoms with Crippen molar-refractivity contribution in [1.82, 2.24) is 0 Å². The van der Waals surface area contributed by atoms with Crippen LogP contribution in [0.2, 0.25) is 0 Å². The van der Waals surface area contributed by atoms with Gasteiger partial charge >= 0.3 is 5.97 Å². The van der Waals surface area contributed by atoms with Gasteiger partial charge in [0.1, 0.15) is 5.82 Å². The fourth-order valence-corrected chi connectivity index (χ4v) is 2.23. The van der Waals surface area contributed by atoms with Crippen molar-refractivity contribution in [3.05, 3.63) is 35.1 Å². The minimum Gasteiger partial charge on any atom is -0.403 e. The van der Waals surface area contributed by atoms with Crippen LogP contribution < -0.4 is 0 Å². The van der Waals surface area contributed by atoms with E-state index in [4.69, 9.17) is 4.74 Å². The number of fused-ring (bicyclic) bond motifs is 1. The summed E-state index contributed by atoms with van der Waals surface area (Å²) in [5, 5.41) is 0. The molecule has 0 bridgehead atoms. The quantitative estimate of drug-likeness (QED) is 0.777. The number of carbonyl (C=O) groups is 1. The molecule has 1 aromatic carbocycles. The van der Waals surface area contributed by atoms with E-state index in [1.807, 2.05) is 13.2 Å². The zero-order valence-corrected chi connectivity index (χ0v) is 10.4. The number of esters is 1. The number of ether oxygens (including phenoxy) is 1. The number of benzene rings is 1.